The van der Waals surface area contributed by atoms with E-state index in [-0.39, 0.29) is 11.3 Å². The molecule has 1 aromatic rings. The summed E-state index contributed by atoms with van der Waals surface area (Å²) >= 11 is 0. The van der Waals surface area contributed by atoms with Crippen LogP contribution in [-0.4, -0.2) is 33.4 Å². The van der Waals surface area contributed by atoms with Crippen LogP contribution in [-0.2, 0) is 16.0 Å². The second-order valence-electron chi connectivity index (χ2n) is 5.97. The van der Waals surface area contributed by atoms with Crippen molar-refractivity contribution in [1.29, 1.82) is 0 Å². The highest BCUT2D eigenvalue weighted by Gasteiger charge is 2.39. The Labute approximate surface area is 132 Å². The fourth-order valence-electron chi connectivity index (χ4n) is 1.80. The summed E-state index contributed by atoms with van der Waals surface area (Å²) in [6, 6.07) is 5.56. The number of ether oxygens (including phenoxy) is 1. The van der Waals surface area contributed by atoms with Gasteiger partial charge in [0.25, 0.3) is 5.69 Å². The fraction of sp³-hybridized carbons (Fsp3) is 0.429. The number of nitro groups is 1. The number of aliphatic carboxylic acids is 1. The van der Waals surface area contributed by atoms with Gasteiger partial charge < -0.3 is 9.84 Å². The number of nitrogens with zero attached hydrogens (tertiary/aromatic N) is 1. The highest BCUT2D eigenvalue weighted by Crippen LogP contribution is 2.21. The molecule has 1 unspecified atom stereocenters. The van der Waals surface area contributed by atoms with E-state index in [4.69, 9.17) is 10.5 Å². The second kappa shape index (κ2) is 6.61. The minimum absolute atomic E-state index is 0.0819. The molecule has 1 aromatic carbocycles. The molecule has 1 rings (SSSR count). The van der Waals surface area contributed by atoms with Gasteiger partial charge in [-0.15, -0.1) is 0 Å². The predicted molar refractivity (Wildman–Crippen MR) is 80.7 cm³/mol. The number of carbonyl (C=O) groups excluding carboxylic acids is 1. The van der Waals surface area contributed by atoms with Crippen molar-refractivity contribution in [2.45, 2.75) is 38.5 Å². The van der Waals surface area contributed by atoms with Gasteiger partial charge in [-0.05, 0) is 20.8 Å². The number of hydrogen-bond acceptors (Lipinski definition) is 6. The van der Waals surface area contributed by atoms with Crippen molar-refractivity contribution in [2.75, 3.05) is 0 Å². The van der Waals surface area contributed by atoms with E-state index >= 15 is 0 Å². The maximum absolute atomic E-state index is 11.8. The van der Waals surface area contributed by atoms with Crippen LogP contribution in [0.2, 0.25) is 0 Å². The first-order valence-corrected chi connectivity index (χ1v) is 6.70. The Kier molecular flexibility index (Phi) is 5.28. The van der Waals surface area contributed by atoms with E-state index in [1.54, 1.807) is 20.8 Å². The normalized spacial score (nSPS) is 13.7. The molecule has 0 bridgehead atoms. The van der Waals surface area contributed by atoms with Crippen molar-refractivity contribution in [2.24, 2.45) is 5.73 Å². The number of carboxylic acids is 1. The lowest BCUT2D eigenvalue weighted by Crippen LogP contribution is -2.63. The molecule has 4 N–H and O–H groups in total. The molecule has 0 aromatic heterocycles. The van der Waals surface area contributed by atoms with Crippen LogP contribution < -0.4 is 11.1 Å². The quantitative estimate of drug-likeness (QED) is 0.421. The number of amides is 1. The number of nitro benzene ring substituents is 1. The molecule has 9 heteroatoms. The zero-order valence-electron chi connectivity index (χ0n) is 13.0. The van der Waals surface area contributed by atoms with Gasteiger partial charge >= 0.3 is 12.1 Å². The number of para-hydroxylation sites is 1. The minimum Gasteiger partial charge on any atom is -0.478 e. The number of nitrogens with two attached hydrogens (primary N) is 1. The lowest BCUT2D eigenvalue weighted by Gasteiger charge is -2.28. The Morgan fingerprint density at radius 3 is 2.39 bits per heavy atom. The summed E-state index contributed by atoms with van der Waals surface area (Å²) in [5, 5.41) is 22.4. The van der Waals surface area contributed by atoms with Crippen molar-refractivity contribution < 1.29 is 24.4 Å². The maximum Gasteiger partial charge on any atom is 0.409 e. The lowest BCUT2D eigenvalue weighted by atomic mass is 9.99. The molecule has 0 heterocycles. The molecule has 0 aliphatic carbocycles. The largest absolute Gasteiger partial charge is 0.478 e. The van der Waals surface area contributed by atoms with Crippen LogP contribution in [0.4, 0.5) is 10.5 Å². The van der Waals surface area contributed by atoms with E-state index in [9.17, 15) is 24.8 Å². The van der Waals surface area contributed by atoms with Gasteiger partial charge in [0.2, 0.25) is 0 Å². The monoisotopic (exact) mass is 325 g/mol. The van der Waals surface area contributed by atoms with Crippen molar-refractivity contribution in [1.82, 2.24) is 5.32 Å². The molecule has 1 atom stereocenters. The fourth-order valence-corrected chi connectivity index (χ4v) is 1.80. The highest BCUT2D eigenvalue weighted by molar-refractivity contribution is 5.84. The van der Waals surface area contributed by atoms with Crippen LogP contribution in [0.3, 0.4) is 0 Å². The molecule has 0 spiro atoms. The third kappa shape index (κ3) is 5.22. The van der Waals surface area contributed by atoms with Gasteiger partial charge in [0.15, 0.2) is 5.66 Å². The third-order valence-electron chi connectivity index (χ3n) is 2.76. The minimum atomic E-state index is -2.24. The lowest BCUT2D eigenvalue weighted by molar-refractivity contribution is -0.385. The van der Waals surface area contributed by atoms with Gasteiger partial charge in [-0.1, -0.05) is 18.2 Å². The van der Waals surface area contributed by atoms with Crippen LogP contribution in [0.15, 0.2) is 24.3 Å². The van der Waals surface area contributed by atoms with E-state index in [0.717, 1.165) is 0 Å². The van der Waals surface area contributed by atoms with Crippen molar-refractivity contribution in [3.8, 4) is 0 Å². The van der Waals surface area contributed by atoms with Crippen molar-refractivity contribution in [3.63, 3.8) is 0 Å². The van der Waals surface area contributed by atoms with E-state index in [0.29, 0.717) is 0 Å². The average Bonchev–Trinajstić information content (AvgIpc) is 2.36. The van der Waals surface area contributed by atoms with Gasteiger partial charge in [0.05, 0.1) is 4.92 Å². The number of carboxylic acid groups (broad SMARTS) is 1. The Morgan fingerprint density at radius 2 is 1.91 bits per heavy atom. The second-order valence-corrected chi connectivity index (χ2v) is 5.97. The summed E-state index contributed by atoms with van der Waals surface area (Å²) in [4.78, 5) is 33.6. The first-order valence-electron chi connectivity index (χ1n) is 6.70. The van der Waals surface area contributed by atoms with Crippen LogP contribution in [0.1, 0.15) is 26.3 Å². The van der Waals surface area contributed by atoms with Gasteiger partial charge in [0, 0.05) is 18.1 Å². The highest BCUT2D eigenvalue weighted by atomic mass is 16.6. The van der Waals surface area contributed by atoms with Gasteiger partial charge in [0.1, 0.15) is 5.60 Å². The smallest absolute Gasteiger partial charge is 0.409 e. The summed E-state index contributed by atoms with van der Waals surface area (Å²) in [7, 11) is 0. The van der Waals surface area contributed by atoms with E-state index in [1.807, 2.05) is 0 Å². The Hall–Kier alpha value is -2.68. The van der Waals surface area contributed by atoms with E-state index < -0.39 is 34.7 Å². The molecule has 0 saturated carbocycles. The number of alkyl carbamates (subject to hydrolysis) is 1. The summed E-state index contributed by atoms with van der Waals surface area (Å²) in [6.45, 7) is 4.81. The Balaban J connectivity index is 3.05. The van der Waals surface area contributed by atoms with Crippen LogP contribution in [0.25, 0.3) is 0 Å². The van der Waals surface area contributed by atoms with Gasteiger partial charge in [-0.2, -0.15) is 0 Å². The molecule has 0 radical (unpaired) electrons. The summed E-state index contributed by atoms with van der Waals surface area (Å²) in [5.74, 6) is -1.54. The SMILES string of the molecule is CC(C)(C)OC(=O)NC(N)(Cc1ccccc1[N+](=O)[O-])C(=O)O. The standard InChI is InChI=1S/C14H19N3O6/c1-13(2,3)23-12(20)16-14(15,11(18)19)8-9-6-4-5-7-10(9)17(21)22/h4-7H,8,15H2,1-3H3,(H,16,20)(H,18,19). The van der Waals surface area contributed by atoms with Crippen LogP contribution in [0, 0.1) is 10.1 Å². The summed E-state index contributed by atoms with van der Waals surface area (Å²) in [6.07, 6.45) is -1.50. The summed E-state index contributed by atoms with van der Waals surface area (Å²) in [5.41, 5.74) is 2.44. The molecular weight excluding hydrogens is 306 g/mol. The van der Waals surface area contributed by atoms with Crippen LogP contribution in [0.5, 0.6) is 0 Å². The topological polar surface area (TPSA) is 145 Å². The van der Waals surface area contributed by atoms with Crippen LogP contribution >= 0.6 is 0 Å². The molecule has 23 heavy (non-hydrogen) atoms. The number of benzene rings is 1. The Morgan fingerprint density at radius 1 is 1.35 bits per heavy atom. The predicted octanol–water partition coefficient (Wildman–Crippen LogP) is 1.40. The van der Waals surface area contributed by atoms with E-state index in [2.05, 4.69) is 5.32 Å². The average molecular weight is 325 g/mol. The van der Waals surface area contributed by atoms with Gasteiger partial charge in [-0.3, -0.25) is 21.2 Å². The van der Waals surface area contributed by atoms with Crippen molar-refractivity contribution in [3.05, 3.63) is 39.9 Å². The number of rotatable bonds is 5. The maximum atomic E-state index is 11.8. The van der Waals surface area contributed by atoms with Gasteiger partial charge in [-0.25, -0.2) is 9.59 Å². The number of nitrogens with one attached hydrogen (secondary N) is 1. The molecule has 0 aliphatic rings. The zero-order chi connectivity index (χ0) is 17.8. The Bertz CT molecular complexity index is 625. The summed E-state index contributed by atoms with van der Waals surface area (Å²) < 4.78 is 4.97. The first-order chi connectivity index (χ1) is 10.4. The molecule has 9 nitrogen and oxygen atoms in total. The number of carbonyl (C=O) groups is 2. The molecule has 0 saturated heterocycles. The third-order valence-corrected chi connectivity index (χ3v) is 2.76. The first kappa shape index (κ1) is 18.4. The molecule has 1 amide bonds. The molecule has 0 fully saturated rings. The molecule has 0 aliphatic heterocycles. The number of hydrogen-bond donors (Lipinski definition) is 3. The van der Waals surface area contributed by atoms with Crippen molar-refractivity contribution >= 4 is 17.7 Å². The molecule has 126 valence electrons. The molecular formula is C14H19N3O6. The van der Waals surface area contributed by atoms with E-state index in [1.165, 1.54) is 24.3 Å². The zero-order valence-corrected chi connectivity index (χ0v) is 13.0.